The number of nitrogens with two attached hydrogens (primary N) is 2. The lowest BCUT2D eigenvalue weighted by molar-refractivity contribution is -0.121. The zero-order valence-corrected chi connectivity index (χ0v) is 11.0. The zero-order valence-electron chi connectivity index (χ0n) is 11.0. The van der Waals surface area contributed by atoms with Gasteiger partial charge in [-0.15, -0.1) is 0 Å². The van der Waals surface area contributed by atoms with Crippen LogP contribution in [0.3, 0.4) is 0 Å². The summed E-state index contributed by atoms with van der Waals surface area (Å²) in [7, 11) is 0. The number of hydrogen-bond acceptors (Lipinski definition) is 5. The van der Waals surface area contributed by atoms with E-state index in [0.717, 1.165) is 16.6 Å². The molecule has 1 atom stereocenters. The van der Waals surface area contributed by atoms with Crippen LogP contribution >= 0.6 is 0 Å². The molecule has 1 aromatic carbocycles. The molecule has 0 aliphatic carbocycles. The second-order valence-corrected chi connectivity index (χ2v) is 4.75. The molecule has 4 N–H and O–H groups in total. The number of amides is 1. The number of aromatic nitrogens is 1. The Kier molecular flexibility index (Phi) is 3.15. The third kappa shape index (κ3) is 2.04. The first-order chi connectivity index (χ1) is 9.68. The topological polar surface area (TPSA) is 94.5 Å². The molecule has 6 nitrogen and oxygen atoms in total. The van der Waals surface area contributed by atoms with Gasteiger partial charge in [-0.2, -0.15) is 0 Å². The largest absolute Gasteiger partial charge is 0.396 e. The first-order valence-electron chi connectivity index (χ1n) is 6.45. The van der Waals surface area contributed by atoms with Gasteiger partial charge in [-0.25, -0.2) is 0 Å². The van der Waals surface area contributed by atoms with Gasteiger partial charge in [0, 0.05) is 18.1 Å². The van der Waals surface area contributed by atoms with Crippen LogP contribution in [0.25, 0.3) is 10.9 Å². The van der Waals surface area contributed by atoms with Gasteiger partial charge in [-0.1, -0.05) is 0 Å². The fourth-order valence-electron chi connectivity index (χ4n) is 2.54. The number of morpholine rings is 1. The lowest BCUT2D eigenvalue weighted by atomic mass is 10.1. The Balaban J connectivity index is 2.08. The number of anilines is 2. The van der Waals surface area contributed by atoms with E-state index in [4.69, 9.17) is 16.2 Å². The maximum Gasteiger partial charge on any atom is 0.242 e. The number of carbonyl (C=O) groups is 1. The van der Waals surface area contributed by atoms with E-state index in [1.807, 2.05) is 29.2 Å². The highest BCUT2D eigenvalue weighted by Gasteiger charge is 2.29. The van der Waals surface area contributed by atoms with Gasteiger partial charge < -0.3 is 21.1 Å². The minimum absolute atomic E-state index is 0.292. The Hall–Kier alpha value is -2.34. The van der Waals surface area contributed by atoms with Gasteiger partial charge in [0.2, 0.25) is 5.91 Å². The number of nitrogen functional groups attached to an aromatic ring is 1. The molecule has 104 valence electrons. The molecule has 0 radical (unpaired) electrons. The fraction of sp³-hybridized carbons (Fsp3) is 0.286. The highest BCUT2D eigenvalue weighted by Crippen LogP contribution is 2.32. The van der Waals surface area contributed by atoms with E-state index in [2.05, 4.69) is 4.98 Å². The Morgan fingerprint density at radius 3 is 3.05 bits per heavy atom. The molecule has 0 bridgehead atoms. The van der Waals surface area contributed by atoms with Crippen molar-refractivity contribution in [1.82, 2.24) is 4.98 Å². The molecule has 2 aromatic rings. The molecule has 1 aromatic heterocycles. The number of ether oxygens (including phenoxy) is 1. The zero-order chi connectivity index (χ0) is 14.1. The number of primary amides is 1. The van der Waals surface area contributed by atoms with Gasteiger partial charge in [-0.05, 0) is 24.3 Å². The SMILES string of the molecule is NC(=O)C1COCCN1c1ccc2ncccc2c1N. The number of pyridine rings is 1. The van der Waals surface area contributed by atoms with Crippen LogP contribution in [0.15, 0.2) is 30.5 Å². The smallest absolute Gasteiger partial charge is 0.242 e. The van der Waals surface area contributed by atoms with Gasteiger partial charge >= 0.3 is 0 Å². The van der Waals surface area contributed by atoms with Crippen LogP contribution in [0.4, 0.5) is 11.4 Å². The van der Waals surface area contributed by atoms with Gasteiger partial charge in [0.1, 0.15) is 6.04 Å². The average Bonchev–Trinajstić information content (AvgIpc) is 2.48. The van der Waals surface area contributed by atoms with Crippen molar-refractivity contribution in [3.63, 3.8) is 0 Å². The molecule has 6 heteroatoms. The Morgan fingerprint density at radius 1 is 1.40 bits per heavy atom. The van der Waals surface area contributed by atoms with Gasteiger partial charge in [0.25, 0.3) is 0 Å². The molecule has 0 spiro atoms. The molecule has 20 heavy (non-hydrogen) atoms. The van der Waals surface area contributed by atoms with E-state index in [0.29, 0.717) is 25.4 Å². The number of hydrogen-bond donors (Lipinski definition) is 2. The number of benzene rings is 1. The summed E-state index contributed by atoms with van der Waals surface area (Å²) < 4.78 is 5.33. The molecule has 1 amide bonds. The van der Waals surface area contributed by atoms with E-state index in [-0.39, 0.29) is 0 Å². The van der Waals surface area contributed by atoms with E-state index in [9.17, 15) is 4.79 Å². The van der Waals surface area contributed by atoms with Crippen LogP contribution in [0.2, 0.25) is 0 Å². The third-order valence-corrected chi connectivity index (χ3v) is 3.57. The van der Waals surface area contributed by atoms with Crippen molar-refractivity contribution in [2.45, 2.75) is 6.04 Å². The van der Waals surface area contributed by atoms with Crippen LogP contribution in [-0.4, -0.2) is 36.7 Å². The highest BCUT2D eigenvalue weighted by molar-refractivity contribution is 5.98. The van der Waals surface area contributed by atoms with Crippen molar-refractivity contribution >= 4 is 28.2 Å². The summed E-state index contributed by atoms with van der Waals surface area (Å²) in [5, 5.41) is 0.875. The molecule has 1 fully saturated rings. The van der Waals surface area contributed by atoms with Crippen LogP contribution in [0, 0.1) is 0 Å². The average molecular weight is 272 g/mol. The molecule has 2 heterocycles. The second kappa shape index (κ2) is 4.97. The summed E-state index contributed by atoms with van der Waals surface area (Å²) in [6.45, 7) is 1.43. The van der Waals surface area contributed by atoms with Gasteiger partial charge in [0.05, 0.1) is 30.1 Å². The van der Waals surface area contributed by atoms with Crippen molar-refractivity contribution in [1.29, 1.82) is 0 Å². The summed E-state index contributed by atoms with van der Waals surface area (Å²) >= 11 is 0. The monoisotopic (exact) mass is 272 g/mol. The minimum atomic E-state index is -0.486. The Morgan fingerprint density at radius 2 is 2.25 bits per heavy atom. The van der Waals surface area contributed by atoms with E-state index >= 15 is 0 Å². The van der Waals surface area contributed by atoms with Crippen LogP contribution in [0.5, 0.6) is 0 Å². The van der Waals surface area contributed by atoms with E-state index in [1.54, 1.807) is 6.20 Å². The standard InChI is InChI=1S/C14H16N4O2/c15-13-9-2-1-5-17-10(9)3-4-11(13)18-6-7-20-8-12(18)14(16)19/h1-5,12H,6-8,15H2,(H2,16,19). The quantitative estimate of drug-likeness (QED) is 0.777. The molecule has 0 saturated carbocycles. The van der Waals surface area contributed by atoms with Crippen LogP contribution < -0.4 is 16.4 Å². The lowest BCUT2D eigenvalue weighted by Crippen LogP contribution is -2.52. The van der Waals surface area contributed by atoms with Gasteiger partial charge in [0.15, 0.2) is 0 Å². The molecule has 1 aliphatic heterocycles. The summed E-state index contributed by atoms with van der Waals surface area (Å²) in [5.74, 6) is -0.407. The predicted octanol–water partition coefficient (Wildman–Crippen LogP) is 0.507. The maximum absolute atomic E-state index is 11.6. The fourth-order valence-corrected chi connectivity index (χ4v) is 2.54. The lowest BCUT2D eigenvalue weighted by Gasteiger charge is -2.36. The van der Waals surface area contributed by atoms with Crippen LogP contribution in [0.1, 0.15) is 0 Å². The second-order valence-electron chi connectivity index (χ2n) is 4.75. The third-order valence-electron chi connectivity index (χ3n) is 3.57. The molecular weight excluding hydrogens is 256 g/mol. The number of rotatable bonds is 2. The Labute approximate surface area is 116 Å². The predicted molar refractivity (Wildman–Crippen MR) is 77.3 cm³/mol. The normalized spacial score (nSPS) is 19.2. The van der Waals surface area contributed by atoms with Crippen molar-refractivity contribution in [3.8, 4) is 0 Å². The first kappa shape index (κ1) is 12.7. The maximum atomic E-state index is 11.6. The highest BCUT2D eigenvalue weighted by atomic mass is 16.5. The molecule has 1 unspecified atom stereocenters. The molecule has 3 rings (SSSR count). The minimum Gasteiger partial charge on any atom is -0.396 e. The Bertz CT molecular complexity index is 659. The summed E-state index contributed by atoms with van der Waals surface area (Å²) in [4.78, 5) is 17.7. The number of carbonyl (C=O) groups excluding carboxylic acids is 1. The molecule has 1 saturated heterocycles. The summed E-state index contributed by atoms with van der Waals surface area (Å²) in [6.07, 6.45) is 1.72. The van der Waals surface area contributed by atoms with Gasteiger partial charge in [-0.3, -0.25) is 9.78 Å². The van der Waals surface area contributed by atoms with Crippen LogP contribution in [-0.2, 0) is 9.53 Å². The van der Waals surface area contributed by atoms with E-state index in [1.165, 1.54) is 0 Å². The summed E-state index contributed by atoms with van der Waals surface area (Å²) in [6, 6.07) is 7.05. The number of fused-ring (bicyclic) bond motifs is 1. The molecular formula is C14H16N4O2. The van der Waals surface area contributed by atoms with Crippen molar-refractivity contribution < 1.29 is 9.53 Å². The van der Waals surface area contributed by atoms with Crippen molar-refractivity contribution in [3.05, 3.63) is 30.5 Å². The van der Waals surface area contributed by atoms with Crippen molar-refractivity contribution in [2.75, 3.05) is 30.4 Å². The number of nitrogens with zero attached hydrogens (tertiary/aromatic N) is 2. The first-order valence-corrected chi connectivity index (χ1v) is 6.45. The summed E-state index contributed by atoms with van der Waals surface area (Å²) in [5.41, 5.74) is 13.9. The van der Waals surface area contributed by atoms with Crippen molar-refractivity contribution in [2.24, 2.45) is 5.73 Å². The van der Waals surface area contributed by atoms with E-state index < -0.39 is 11.9 Å². The molecule has 1 aliphatic rings.